The summed E-state index contributed by atoms with van der Waals surface area (Å²) in [7, 11) is 3.09. The van der Waals surface area contributed by atoms with E-state index >= 15 is 0 Å². The van der Waals surface area contributed by atoms with Gasteiger partial charge in [-0.1, -0.05) is 0 Å². The first-order chi connectivity index (χ1) is 3.41. The number of hydrogen-bond acceptors (Lipinski definition) is 3. The Labute approximate surface area is 44.5 Å². The summed E-state index contributed by atoms with van der Waals surface area (Å²) in [5, 5.41) is 2.81. The molecule has 0 amide bonds. The molecule has 0 fully saturated rings. The lowest BCUT2D eigenvalue weighted by Gasteiger charge is -1.94. The lowest BCUT2D eigenvalue weighted by molar-refractivity contribution is 0.431. The third-order valence-corrected chi connectivity index (χ3v) is 0.490. The van der Waals surface area contributed by atoms with Crippen molar-refractivity contribution in [1.82, 2.24) is 5.23 Å². The Morgan fingerprint density at radius 1 is 1.86 bits per heavy atom. The fourth-order valence-corrected chi connectivity index (χ4v) is 0.226. The second-order valence-corrected chi connectivity index (χ2v) is 1.10. The number of hydrogen-bond donors (Lipinski definition) is 2. The van der Waals surface area contributed by atoms with Crippen LogP contribution in [0.15, 0.2) is 0 Å². The minimum Gasteiger partial charge on any atom is -0.427 e. The number of nitrogens with two attached hydrogens (primary N) is 1. The second kappa shape index (κ2) is 5.94. The molecule has 0 bridgehead atoms. The molecule has 0 saturated carbocycles. The van der Waals surface area contributed by atoms with Gasteiger partial charge in [0, 0.05) is 13.7 Å². The van der Waals surface area contributed by atoms with Gasteiger partial charge in [0.15, 0.2) is 0 Å². The van der Waals surface area contributed by atoms with Gasteiger partial charge in [-0.15, -0.1) is 0 Å². The zero-order valence-electron chi connectivity index (χ0n) is 4.48. The molecule has 0 rings (SSSR count). The van der Waals surface area contributed by atoms with Crippen molar-refractivity contribution in [3.05, 3.63) is 0 Å². The van der Waals surface area contributed by atoms with E-state index in [4.69, 9.17) is 5.73 Å². The molecular formula is C3H10BN2O. The van der Waals surface area contributed by atoms with Crippen LogP contribution in [0.1, 0.15) is 0 Å². The van der Waals surface area contributed by atoms with Crippen molar-refractivity contribution in [2.24, 2.45) is 5.73 Å². The van der Waals surface area contributed by atoms with Crippen molar-refractivity contribution in [3.8, 4) is 0 Å². The predicted molar refractivity (Wildman–Crippen MR) is 29.8 cm³/mol. The fraction of sp³-hybridized carbons (Fsp3) is 1.00. The molecule has 3 N–H and O–H groups in total. The Morgan fingerprint density at radius 2 is 2.57 bits per heavy atom. The SMILES string of the molecule is CO[B]NCCN. The topological polar surface area (TPSA) is 47.3 Å². The summed E-state index contributed by atoms with van der Waals surface area (Å²) in [6.07, 6.45) is 0. The van der Waals surface area contributed by atoms with Gasteiger partial charge >= 0.3 is 7.62 Å². The molecular weight excluding hydrogens is 90.9 g/mol. The number of rotatable bonds is 4. The first kappa shape index (κ1) is 6.94. The molecule has 41 valence electrons. The van der Waals surface area contributed by atoms with Crippen molar-refractivity contribution in [1.29, 1.82) is 0 Å². The van der Waals surface area contributed by atoms with Gasteiger partial charge in [-0.2, -0.15) is 0 Å². The summed E-state index contributed by atoms with van der Waals surface area (Å²) in [5.74, 6) is 0. The van der Waals surface area contributed by atoms with Crippen LogP contribution in [0.2, 0.25) is 0 Å². The fourth-order valence-electron chi connectivity index (χ4n) is 0.226. The molecule has 1 radical (unpaired) electrons. The lowest BCUT2D eigenvalue weighted by atomic mass is 10.3. The van der Waals surface area contributed by atoms with Crippen LogP contribution in [0, 0.1) is 0 Å². The second-order valence-electron chi connectivity index (χ2n) is 1.10. The van der Waals surface area contributed by atoms with Gasteiger partial charge in [0.2, 0.25) is 0 Å². The van der Waals surface area contributed by atoms with Crippen LogP contribution < -0.4 is 11.0 Å². The first-order valence-electron chi connectivity index (χ1n) is 2.19. The van der Waals surface area contributed by atoms with Gasteiger partial charge in [0.05, 0.1) is 0 Å². The summed E-state index contributed by atoms with van der Waals surface area (Å²) in [4.78, 5) is 0. The van der Waals surface area contributed by atoms with Crippen molar-refractivity contribution >= 4 is 7.62 Å². The largest absolute Gasteiger partial charge is 0.427 e. The maximum absolute atomic E-state index is 5.13. The Bertz CT molecular complexity index is 32.1. The zero-order chi connectivity index (χ0) is 5.54. The van der Waals surface area contributed by atoms with Crippen LogP contribution in [0.25, 0.3) is 0 Å². The zero-order valence-corrected chi connectivity index (χ0v) is 4.48. The van der Waals surface area contributed by atoms with Crippen LogP contribution in [-0.2, 0) is 4.65 Å². The van der Waals surface area contributed by atoms with Crippen molar-refractivity contribution in [2.45, 2.75) is 0 Å². The predicted octanol–water partition coefficient (Wildman–Crippen LogP) is -1.28. The Kier molecular flexibility index (Phi) is 5.90. The van der Waals surface area contributed by atoms with E-state index in [0.29, 0.717) is 6.54 Å². The maximum atomic E-state index is 5.13. The van der Waals surface area contributed by atoms with E-state index in [0.717, 1.165) is 6.54 Å². The van der Waals surface area contributed by atoms with Gasteiger partial charge in [-0.25, -0.2) is 0 Å². The standard InChI is InChI=1S/C3H10BN2O/c1-7-4-6-3-2-5/h6H,2-3,5H2,1H3. The van der Waals surface area contributed by atoms with E-state index in [1.165, 1.54) is 7.62 Å². The van der Waals surface area contributed by atoms with E-state index < -0.39 is 0 Å². The van der Waals surface area contributed by atoms with E-state index in [1.54, 1.807) is 7.11 Å². The van der Waals surface area contributed by atoms with Crippen molar-refractivity contribution in [3.63, 3.8) is 0 Å². The monoisotopic (exact) mass is 101 g/mol. The highest BCUT2D eigenvalue weighted by molar-refractivity contribution is 6.23. The molecule has 0 heterocycles. The normalized spacial score (nSPS) is 8.86. The highest BCUT2D eigenvalue weighted by atomic mass is 16.4. The van der Waals surface area contributed by atoms with Gasteiger partial charge in [-0.05, 0) is 6.54 Å². The molecule has 0 aliphatic carbocycles. The van der Waals surface area contributed by atoms with Crippen molar-refractivity contribution in [2.75, 3.05) is 20.2 Å². The minimum absolute atomic E-state index is 0.639. The molecule has 0 aliphatic rings. The van der Waals surface area contributed by atoms with Crippen LogP contribution >= 0.6 is 0 Å². The number of nitrogens with one attached hydrogen (secondary N) is 1. The van der Waals surface area contributed by atoms with E-state index in [2.05, 4.69) is 9.88 Å². The Morgan fingerprint density at radius 3 is 3.00 bits per heavy atom. The van der Waals surface area contributed by atoms with Gasteiger partial charge in [0.1, 0.15) is 0 Å². The van der Waals surface area contributed by atoms with Crippen molar-refractivity contribution < 1.29 is 4.65 Å². The average Bonchev–Trinajstić information content (AvgIpc) is 1.69. The third-order valence-electron chi connectivity index (χ3n) is 0.490. The summed E-state index contributed by atoms with van der Waals surface area (Å²) < 4.78 is 4.55. The smallest absolute Gasteiger partial charge is 0.395 e. The maximum Gasteiger partial charge on any atom is 0.395 e. The molecule has 0 aromatic rings. The first-order valence-corrected chi connectivity index (χ1v) is 2.19. The van der Waals surface area contributed by atoms with Crippen LogP contribution in [-0.4, -0.2) is 27.8 Å². The average molecular weight is 101 g/mol. The van der Waals surface area contributed by atoms with Gasteiger partial charge in [0.25, 0.3) is 0 Å². The minimum atomic E-state index is 0.639. The van der Waals surface area contributed by atoms with Crippen LogP contribution in [0.5, 0.6) is 0 Å². The van der Waals surface area contributed by atoms with Gasteiger partial charge in [-0.3, -0.25) is 0 Å². The molecule has 4 heteroatoms. The summed E-state index contributed by atoms with van der Waals surface area (Å²) >= 11 is 0. The molecule has 0 spiro atoms. The molecule has 3 nitrogen and oxygen atoms in total. The van der Waals surface area contributed by atoms with Gasteiger partial charge < -0.3 is 15.6 Å². The molecule has 0 saturated heterocycles. The molecule has 0 aromatic carbocycles. The highest BCUT2D eigenvalue weighted by Gasteiger charge is 1.82. The van der Waals surface area contributed by atoms with E-state index in [-0.39, 0.29) is 0 Å². The molecule has 0 aliphatic heterocycles. The summed E-state index contributed by atoms with van der Waals surface area (Å²) in [6, 6.07) is 0. The Balaban J connectivity index is 2.45. The van der Waals surface area contributed by atoms with Crippen LogP contribution in [0.4, 0.5) is 0 Å². The quantitative estimate of drug-likeness (QED) is 0.342. The van der Waals surface area contributed by atoms with E-state index in [1.807, 2.05) is 0 Å². The lowest BCUT2D eigenvalue weighted by Crippen LogP contribution is -2.27. The van der Waals surface area contributed by atoms with E-state index in [9.17, 15) is 0 Å². The molecule has 7 heavy (non-hydrogen) atoms. The Hall–Kier alpha value is -0.0551. The molecule has 0 unspecified atom stereocenters. The summed E-state index contributed by atoms with van der Waals surface area (Å²) in [5.41, 5.74) is 5.13. The molecule has 0 aromatic heterocycles. The highest BCUT2D eigenvalue weighted by Crippen LogP contribution is 1.51. The summed E-state index contributed by atoms with van der Waals surface area (Å²) in [6.45, 7) is 1.41. The molecule has 0 atom stereocenters. The van der Waals surface area contributed by atoms with Crippen LogP contribution in [0.3, 0.4) is 0 Å². The third kappa shape index (κ3) is 5.94.